The van der Waals surface area contributed by atoms with Crippen molar-refractivity contribution in [2.45, 2.75) is 32.2 Å². The molecule has 0 saturated carbocycles. The van der Waals surface area contributed by atoms with Gasteiger partial charge in [0.25, 0.3) is 0 Å². The molecule has 0 saturated heterocycles. The van der Waals surface area contributed by atoms with Gasteiger partial charge >= 0.3 is 0 Å². The van der Waals surface area contributed by atoms with E-state index in [9.17, 15) is 8.42 Å². The molecule has 17 heavy (non-hydrogen) atoms. The molecule has 1 rings (SSSR count). The zero-order chi connectivity index (χ0) is 13.1. The van der Waals surface area contributed by atoms with E-state index < -0.39 is 10.0 Å². The van der Waals surface area contributed by atoms with Crippen LogP contribution in [0.25, 0.3) is 0 Å². The van der Waals surface area contributed by atoms with Gasteiger partial charge in [-0.25, -0.2) is 13.1 Å². The smallest absolute Gasteiger partial charge is 0.241 e. The molecule has 0 radical (unpaired) electrons. The lowest BCUT2D eigenvalue weighted by Gasteiger charge is -2.15. The second-order valence-electron chi connectivity index (χ2n) is 4.53. The maximum Gasteiger partial charge on any atom is 0.241 e. The van der Waals surface area contributed by atoms with Crippen LogP contribution in [0.4, 0.5) is 0 Å². The number of thiophene rings is 1. The lowest BCUT2D eigenvalue weighted by Crippen LogP contribution is -2.30. The molecule has 0 aliphatic carbocycles. The Balaban J connectivity index is 2.69. The Kier molecular flexibility index (Phi) is 5.12. The minimum atomic E-state index is -3.37. The molecular weight excluding hydrogens is 256 g/mol. The minimum Gasteiger partial charge on any atom is -0.326 e. The van der Waals surface area contributed by atoms with E-state index in [2.05, 4.69) is 18.6 Å². The summed E-state index contributed by atoms with van der Waals surface area (Å²) < 4.78 is 26.5. The molecule has 0 amide bonds. The summed E-state index contributed by atoms with van der Waals surface area (Å²) in [5, 5.41) is 1.63. The maximum atomic E-state index is 11.9. The van der Waals surface area contributed by atoms with Crippen LogP contribution in [0.3, 0.4) is 0 Å². The van der Waals surface area contributed by atoms with Gasteiger partial charge in [0.15, 0.2) is 0 Å². The number of sulfonamides is 1. The summed E-state index contributed by atoms with van der Waals surface area (Å²) in [6.45, 7) is 7.04. The van der Waals surface area contributed by atoms with Crippen molar-refractivity contribution in [2.24, 2.45) is 17.6 Å². The Morgan fingerprint density at radius 3 is 2.53 bits per heavy atom. The van der Waals surface area contributed by atoms with Crippen molar-refractivity contribution in [3.05, 3.63) is 16.3 Å². The molecule has 0 aliphatic heterocycles. The quantitative estimate of drug-likeness (QED) is 0.832. The van der Waals surface area contributed by atoms with Crippen molar-refractivity contribution in [3.8, 4) is 0 Å². The molecule has 0 bridgehead atoms. The lowest BCUT2D eigenvalue weighted by molar-refractivity contribution is 0.414. The average molecular weight is 276 g/mol. The normalized spacial score (nSPS) is 14.2. The summed E-state index contributed by atoms with van der Waals surface area (Å²) in [5.41, 5.74) is 5.46. The van der Waals surface area contributed by atoms with Crippen LogP contribution in [-0.2, 0) is 16.6 Å². The summed E-state index contributed by atoms with van der Waals surface area (Å²) in [5.74, 6) is 0.775. The molecule has 1 heterocycles. The van der Waals surface area contributed by atoms with Gasteiger partial charge in [0, 0.05) is 23.3 Å². The topological polar surface area (TPSA) is 72.2 Å². The van der Waals surface area contributed by atoms with Crippen LogP contribution in [-0.4, -0.2) is 15.0 Å². The van der Waals surface area contributed by atoms with Crippen LogP contribution < -0.4 is 10.5 Å². The van der Waals surface area contributed by atoms with Gasteiger partial charge in [0.2, 0.25) is 10.0 Å². The monoisotopic (exact) mass is 276 g/mol. The van der Waals surface area contributed by atoms with E-state index in [1.807, 2.05) is 6.92 Å². The van der Waals surface area contributed by atoms with Gasteiger partial charge in [0.05, 0.1) is 4.90 Å². The van der Waals surface area contributed by atoms with E-state index in [4.69, 9.17) is 5.73 Å². The van der Waals surface area contributed by atoms with Crippen LogP contribution in [0.15, 0.2) is 16.3 Å². The number of hydrogen-bond donors (Lipinski definition) is 2. The highest BCUT2D eigenvalue weighted by atomic mass is 32.2. The highest BCUT2D eigenvalue weighted by molar-refractivity contribution is 7.89. The van der Waals surface area contributed by atoms with Crippen LogP contribution in [0.5, 0.6) is 0 Å². The van der Waals surface area contributed by atoms with Crippen molar-refractivity contribution in [2.75, 3.05) is 6.54 Å². The molecule has 0 spiro atoms. The van der Waals surface area contributed by atoms with Gasteiger partial charge < -0.3 is 5.73 Å². The number of nitrogens with two attached hydrogens (primary N) is 1. The van der Waals surface area contributed by atoms with Gasteiger partial charge in [-0.15, -0.1) is 11.3 Å². The second kappa shape index (κ2) is 5.95. The largest absolute Gasteiger partial charge is 0.326 e. The molecule has 4 nitrogen and oxygen atoms in total. The fourth-order valence-corrected chi connectivity index (χ4v) is 3.47. The van der Waals surface area contributed by atoms with E-state index in [-0.39, 0.29) is 0 Å². The lowest BCUT2D eigenvalue weighted by atomic mass is 9.99. The van der Waals surface area contributed by atoms with Gasteiger partial charge in [-0.05, 0) is 17.9 Å². The second-order valence-corrected chi connectivity index (χ2v) is 7.29. The predicted octanol–water partition coefficient (Wildman–Crippen LogP) is 1.78. The third-order valence-electron chi connectivity index (χ3n) is 2.87. The highest BCUT2D eigenvalue weighted by Crippen LogP contribution is 2.19. The first-order valence-corrected chi connectivity index (χ1v) is 8.00. The van der Waals surface area contributed by atoms with Gasteiger partial charge in [-0.3, -0.25) is 0 Å². The molecule has 6 heteroatoms. The molecule has 1 aromatic rings. The van der Waals surface area contributed by atoms with Crippen LogP contribution in [0.1, 0.15) is 25.6 Å². The van der Waals surface area contributed by atoms with E-state index in [0.29, 0.717) is 29.8 Å². The van der Waals surface area contributed by atoms with Crippen LogP contribution in [0, 0.1) is 11.8 Å². The highest BCUT2D eigenvalue weighted by Gasteiger charge is 2.17. The van der Waals surface area contributed by atoms with E-state index >= 15 is 0 Å². The standard InChI is InChI=1S/C11H20N2O2S2/c1-8(2)9(3)6-13-17(14,15)11-4-10(5-12)16-7-11/h4,7-9,13H,5-6,12H2,1-3H3. The SMILES string of the molecule is CC(C)C(C)CNS(=O)(=O)c1csc(CN)c1. The molecule has 0 fully saturated rings. The minimum absolute atomic E-state index is 0.317. The first-order chi connectivity index (χ1) is 7.86. The Bertz CT molecular complexity index is 452. The number of nitrogens with one attached hydrogen (secondary N) is 1. The third kappa shape index (κ3) is 4.06. The zero-order valence-electron chi connectivity index (χ0n) is 10.4. The van der Waals surface area contributed by atoms with Crippen molar-refractivity contribution >= 4 is 21.4 Å². The summed E-state index contributed by atoms with van der Waals surface area (Å²) >= 11 is 1.37. The molecule has 3 N–H and O–H groups in total. The Morgan fingerprint density at radius 1 is 1.41 bits per heavy atom. The number of hydrogen-bond acceptors (Lipinski definition) is 4. The Hall–Kier alpha value is -0.430. The molecule has 0 aromatic carbocycles. The summed E-state index contributed by atoms with van der Waals surface area (Å²) in [4.78, 5) is 1.20. The third-order valence-corrected chi connectivity index (χ3v) is 5.39. The molecule has 1 aromatic heterocycles. The van der Waals surface area contributed by atoms with Crippen molar-refractivity contribution in [1.82, 2.24) is 4.72 Å². The maximum absolute atomic E-state index is 11.9. The van der Waals surface area contributed by atoms with Gasteiger partial charge in [-0.1, -0.05) is 20.8 Å². The molecular formula is C11H20N2O2S2. The average Bonchev–Trinajstić information content (AvgIpc) is 2.75. The van der Waals surface area contributed by atoms with Crippen LogP contribution >= 0.6 is 11.3 Å². The summed E-state index contributed by atoms with van der Waals surface area (Å²) in [6, 6.07) is 1.63. The molecule has 1 unspecified atom stereocenters. The first kappa shape index (κ1) is 14.6. The van der Waals surface area contributed by atoms with E-state index in [0.717, 1.165) is 4.88 Å². The van der Waals surface area contributed by atoms with Crippen molar-refractivity contribution < 1.29 is 8.42 Å². The molecule has 98 valence electrons. The van der Waals surface area contributed by atoms with Crippen LogP contribution in [0.2, 0.25) is 0 Å². The molecule has 1 atom stereocenters. The predicted molar refractivity (Wildman–Crippen MR) is 71.4 cm³/mol. The Labute approximate surface area is 107 Å². The van der Waals surface area contributed by atoms with Gasteiger partial charge in [0.1, 0.15) is 0 Å². The van der Waals surface area contributed by atoms with E-state index in [1.54, 1.807) is 11.4 Å². The summed E-state index contributed by atoms with van der Waals surface area (Å²) in [6.07, 6.45) is 0. The van der Waals surface area contributed by atoms with E-state index in [1.165, 1.54) is 11.3 Å². The summed E-state index contributed by atoms with van der Waals surface area (Å²) in [7, 11) is -3.37. The van der Waals surface area contributed by atoms with Crippen molar-refractivity contribution in [3.63, 3.8) is 0 Å². The van der Waals surface area contributed by atoms with Gasteiger partial charge in [-0.2, -0.15) is 0 Å². The Morgan fingerprint density at radius 2 is 2.06 bits per heavy atom. The van der Waals surface area contributed by atoms with Crippen molar-refractivity contribution in [1.29, 1.82) is 0 Å². The fraction of sp³-hybridized carbons (Fsp3) is 0.636. The zero-order valence-corrected chi connectivity index (χ0v) is 12.1. The first-order valence-electron chi connectivity index (χ1n) is 5.64. The molecule has 0 aliphatic rings. The number of rotatable bonds is 6. The fourth-order valence-electron chi connectivity index (χ4n) is 1.17.